The van der Waals surface area contributed by atoms with E-state index >= 15 is 0 Å². The number of benzene rings is 3. The number of aromatic nitrogens is 2. The fourth-order valence-corrected chi connectivity index (χ4v) is 3.77. The lowest BCUT2D eigenvalue weighted by Crippen LogP contribution is -2.10. The molecule has 0 saturated heterocycles. The van der Waals surface area contributed by atoms with Gasteiger partial charge in [0.2, 0.25) is 5.78 Å². The molecule has 1 heterocycles. The number of Topliss-reactive ketones (excluding diaryl/α,β-unsaturated/α-hetero) is 1. The Labute approximate surface area is 208 Å². The van der Waals surface area contributed by atoms with Gasteiger partial charge in [-0.2, -0.15) is 5.10 Å². The van der Waals surface area contributed by atoms with Crippen molar-refractivity contribution in [2.75, 3.05) is 6.61 Å². The van der Waals surface area contributed by atoms with E-state index in [2.05, 4.69) is 11.7 Å². The Hall–Kier alpha value is -4.26. The third-order valence-electron chi connectivity index (χ3n) is 5.61. The van der Waals surface area contributed by atoms with E-state index in [0.717, 1.165) is 29.0 Å². The zero-order valence-corrected chi connectivity index (χ0v) is 19.9. The normalized spacial score (nSPS) is 10.8. The van der Waals surface area contributed by atoms with Crippen LogP contribution in [0, 0.1) is 11.6 Å². The molecule has 0 atom stereocenters. The van der Waals surface area contributed by atoms with E-state index in [1.165, 1.54) is 6.07 Å². The van der Waals surface area contributed by atoms with Gasteiger partial charge in [-0.1, -0.05) is 49.0 Å². The fourth-order valence-electron chi connectivity index (χ4n) is 3.77. The quantitative estimate of drug-likeness (QED) is 0.187. The van der Waals surface area contributed by atoms with Crippen molar-refractivity contribution >= 4 is 5.78 Å². The number of para-hydroxylation sites is 2. The molecule has 0 radical (unpaired) electrons. The predicted octanol–water partition coefficient (Wildman–Crippen LogP) is 6.17. The molecule has 0 unspecified atom stereocenters. The van der Waals surface area contributed by atoms with Gasteiger partial charge in [0.15, 0.2) is 0 Å². The minimum absolute atomic E-state index is 0.0564. The van der Waals surface area contributed by atoms with Gasteiger partial charge < -0.3 is 9.47 Å². The van der Waals surface area contributed by atoms with Gasteiger partial charge in [0, 0.05) is 29.3 Å². The lowest BCUT2D eigenvalue weighted by molar-refractivity contribution is 0.102. The maximum atomic E-state index is 14.0. The van der Waals surface area contributed by atoms with Crippen LogP contribution in [-0.4, -0.2) is 22.2 Å². The minimum atomic E-state index is -0.713. The van der Waals surface area contributed by atoms with Crippen molar-refractivity contribution in [2.45, 2.75) is 26.5 Å². The highest BCUT2D eigenvalue weighted by Gasteiger charge is 2.18. The second-order valence-electron chi connectivity index (χ2n) is 8.15. The van der Waals surface area contributed by atoms with Crippen LogP contribution < -0.4 is 9.47 Å². The lowest BCUT2D eigenvalue weighted by Gasteiger charge is -2.14. The molecule has 4 aromatic rings. The first-order valence-corrected chi connectivity index (χ1v) is 11.6. The van der Waals surface area contributed by atoms with Crippen molar-refractivity contribution in [2.24, 2.45) is 0 Å². The van der Waals surface area contributed by atoms with Crippen LogP contribution in [-0.2, 0) is 19.6 Å². The van der Waals surface area contributed by atoms with Crippen molar-refractivity contribution in [3.05, 3.63) is 125 Å². The average molecular weight is 489 g/mol. The molecule has 5 nitrogen and oxygen atoms in total. The molecule has 0 aliphatic carbocycles. The van der Waals surface area contributed by atoms with Gasteiger partial charge in [0.05, 0.1) is 13.2 Å². The van der Waals surface area contributed by atoms with Crippen molar-refractivity contribution in [3.63, 3.8) is 0 Å². The number of ketones is 1. The van der Waals surface area contributed by atoms with Gasteiger partial charge >= 0.3 is 0 Å². The Bertz CT molecular complexity index is 1360. The van der Waals surface area contributed by atoms with E-state index in [-0.39, 0.29) is 23.3 Å². The first-order valence-electron chi connectivity index (χ1n) is 11.6. The van der Waals surface area contributed by atoms with Crippen LogP contribution in [0.15, 0.2) is 91.1 Å². The molecule has 0 aliphatic rings. The predicted molar refractivity (Wildman–Crippen MR) is 133 cm³/mol. The number of ether oxygens (including phenoxy) is 2. The van der Waals surface area contributed by atoms with Crippen molar-refractivity contribution in [1.29, 1.82) is 0 Å². The third kappa shape index (κ3) is 5.86. The minimum Gasteiger partial charge on any atom is -0.493 e. The molecule has 0 N–H and O–H groups in total. The molecule has 184 valence electrons. The summed E-state index contributed by atoms with van der Waals surface area (Å²) in [6.45, 7) is 6.93. The van der Waals surface area contributed by atoms with Crippen molar-refractivity contribution < 1.29 is 23.0 Å². The van der Waals surface area contributed by atoms with Crippen LogP contribution in [0.1, 0.15) is 34.1 Å². The Kier molecular flexibility index (Phi) is 7.90. The third-order valence-corrected chi connectivity index (χ3v) is 5.61. The number of carbonyl (C=O) groups is 1. The monoisotopic (exact) mass is 488 g/mol. The summed E-state index contributed by atoms with van der Waals surface area (Å²) in [6, 6.07) is 20.4. The molecule has 36 heavy (non-hydrogen) atoms. The maximum Gasteiger partial charge on any atom is 0.208 e. The highest BCUT2D eigenvalue weighted by atomic mass is 19.1. The summed E-state index contributed by atoms with van der Waals surface area (Å²) in [5.41, 5.74) is 1.83. The molecule has 0 spiro atoms. The zero-order valence-electron chi connectivity index (χ0n) is 19.9. The molecule has 7 heteroatoms. The number of carbonyl (C=O) groups excluding carboxylic acids is 1. The van der Waals surface area contributed by atoms with E-state index < -0.39 is 17.4 Å². The molecular formula is C29H26F2N2O3. The van der Waals surface area contributed by atoms with Gasteiger partial charge in [0.1, 0.15) is 35.4 Å². The first kappa shape index (κ1) is 24.9. The fraction of sp³-hybridized carbons (Fsp3) is 0.172. The van der Waals surface area contributed by atoms with Crippen LogP contribution >= 0.6 is 0 Å². The van der Waals surface area contributed by atoms with E-state index in [9.17, 15) is 13.6 Å². The van der Waals surface area contributed by atoms with Gasteiger partial charge in [0.25, 0.3) is 0 Å². The maximum absolute atomic E-state index is 14.0. The highest BCUT2D eigenvalue weighted by Crippen LogP contribution is 2.24. The smallest absolute Gasteiger partial charge is 0.208 e. The zero-order chi connectivity index (χ0) is 25.5. The summed E-state index contributed by atoms with van der Waals surface area (Å²) in [5.74, 6) is -0.423. The SMILES string of the molecule is C=C(Cc1c(F)cccc1F)C(=O)c1ccn(Cc2ccccc2OCc2ccccc2OCC)n1. The first-order chi connectivity index (χ1) is 17.5. The second kappa shape index (κ2) is 11.4. The molecule has 4 rings (SSSR count). The number of nitrogens with zero attached hydrogens (tertiary/aromatic N) is 2. The molecule has 0 bridgehead atoms. The van der Waals surface area contributed by atoms with Crippen LogP contribution in [0.5, 0.6) is 11.5 Å². The molecule has 3 aromatic carbocycles. The summed E-state index contributed by atoms with van der Waals surface area (Å²) in [4.78, 5) is 12.8. The van der Waals surface area contributed by atoms with Crippen molar-refractivity contribution in [1.82, 2.24) is 9.78 Å². The molecular weight excluding hydrogens is 462 g/mol. The Balaban J connectivity index is 1.44. The summed E-state index contributed by atoms with van der Waals surface area (Å²) in [7, 11) is 0. The van der Waals surface area contributed by atoms with E-state index in [4.69, 9.17) is 9.47 Å². The van der Waals surface area contributed by atoms with E-state index in [1.807, 2.05) is 55.5 Å². The van der Waals surface area contributed by atoms with Gasteiger partial charge in [-0.05, 0) is 42.8 Å². The number of hydrogen-bond donors (Lipinski definition) is 0. The molecule has 0 amide bonds. The van der Waals surface area contributed by atoms with E-state index in [0.29, 0.717) is 25.5 Å². The van der Waals surface area contributed by atoms with Gasteiger partial charge in [-0.25, -0.2) is 8.78 Å². The number of hydrogen-bond acceptors (Lipinski definition) is 4. The standard InChI is InChI=1S/C29H26F2N2O3/c1-3-35-28-14-7-5-10-22(28)19-36-27-13-6-4-9-21(27)18-33-16-15-26(32-33)29(34)20(2)17-23-24(30)11-8-12-25(23)31/h4-16H,2-3,17-19H2,1H3. The molecule has 0 fully saturated rings. The Morgan fingerprint density at radius 3 is 2.22 bits per heavy atom. The van der Waals surface area contributed by atoms with E-state index in [1.54, 1.807) is 16.9 Å². The highest BCUT2D eigenvalue weighted by molar-refractivity contribution is 6.07. The van der Waals surface area contributed by atoms with Crippen LogP contribution in [0.3, 0.4) is 0 Å². The number of rotatable bonds is 11. The van der Waals surface area contributed by atoms with Crippen molar-refractivity contribution in [3.8, 4) is 11.5 Å². The number of halogens is 2. The molecule has 0 saturated carbocycles. The van der Waals surface area contributed by atoms with Crippen LogP contribution in [0.2, 0.25) is 0 Å². The molecule has 0 aliphatic heterocycles. The Morgan fingerprint density at radius 1 is 0.889 bits per heavy atom. The van der Waals surface area contributed by atoms with Gasteiger partial charge in [-0.3, -0.25) is 9.48 Å². The van der Waals surface area contributed by atoms with Crippen LogP contribution in [0.4, 0.5) is 8.78 Å². The summed E-state index contributed by atoms with van der Waals surface area (Å²) < 4.78 is 41.3. The Morgan fingerprint density at radius 2 is 1.53 bits per heavy atom. The average Bonchev–Trinajstić information content (AvgIpc) is 3.34. The second-order valence-corrected chi connectivity index (χ2v) is 8.15. The number of allylic oxidation sites excluding steroid dienone is 1. The summed E-state index contributed by atoms with van der Waals surface area (Å²) in [6.07, 6.45) is 1.44. The van der Waals surface area contributed by atoms with Crippen LogP contribution in [0.25, 0.3) is 0 Å². The summed E-state index contributed by atoms with van der Waals surface area (Å²) in [5, 5.41) is 4.35. The molecule has 1 aromatic heterocycles. The van der Waals surface area contributed by atoms with Gasteiger partial charge in [-0.15, -0.1) is 0 Å². The largest absolute Gasteiger partial charge is 0.493 e. The summed E-state index contributed by atoms with van der Waals surface area (Å²) >= 11 is 0. The topological polar surface area (TPSA) is 53.4 Å². The lowest BCUT2D eigenvalue weighted by atomic mass is 10.0.